The fraction of sp³-hybridized carbons (Fsp3) is 0.294. The minimum atomic E-state index is -0.160. The van der Waals surface area contributed by atoms with Crippen molar-refractivity contribution in [3.05, 3.63) is 71.8 Å². The molecule has 0 saturated carbocycles. The Kier molecular flexibility index (Phi) is 3.62. The Morgan fingerprint density at radius 2 is 1.58 bits per heavy atom. The molecule has 2 heteroatoms. The molecule has 0 bridgehead atoms. The summed E-state index contributed by atoms with van der Waals surface area (Å²) in [5, 5.41) is 0. The van der Waals surface area contributed by atoms with Crippen LogP contribution in [0, 0.1) is 0 Å². The predicted molar refractivity (Wildman–Crippen MR) is 74.9 cm³/mol. The molecule has 1 saturated heterocycles. The van der Waals surface area contributed by atoms with E-state index in [0.717, 1.165) is 0 Å². The molecular weight excluding hydrogens is 236 g/mol. The molecule has 1 aliphatic rings. The first-order valence-electron chi connectivity index (χ1n) is 6.71. The van der Waals surface area contributed by atoms with E-state index in [4.69, 9.17) is 9.47 Å². The Balaban J connectivity index is 1.69. The van der Waals surface area contributed by atoms with Crippen LogP contribution in [0.3, 0.4) is 0 Å². The Labute approximate surface area is 114 Å². The van der Waals surface area contributed by atoms with Gasteiger partial charge in [0.1, 0.15) is 6.10 Å². The van der Waals surface area contributed by atoms with Crippen LogP contribution in [0.1, 0.15) is 30.1 Å². The van der Waals surface area contributed by atoms with Crippen LogP contribution in [-0.4, -0.2) is 12.9 Å². The largest absolute Gasteiger partial charge is 0.349 e. The quantitative estimate of drug-likeness (QED) is 0.827. The summed E-state index contributed by atoms with van der Waals surface area (Å²) in [5.74, 6) is 0.245. The van der Waals surface area contributed by atoms with Crippen molar-refractivity contribution in [3.63, 3.8) is 0 Å². The summed E-state index contributed by atoms with van der Waals surface area (Å²) >= 11 is 0. The van der Waals surface area contributed by atoms with Gasteiger partial charge in [-0.2, -0.15) is 0 Å². The van der Waals surface area contributed by atoms with Crippen molar-refractivity contribution in [1.29, 1.82) is 0 Å². The van der Waals surface area contributed by atoms with E-state index in [9.17, 15) is 0 Å². The van der Waals surface area contributed by atoms with Gasteiger partial charge >= 0.3 is 0 Å². The van der Waals surface area contributed by atoms with Crippen molar-refractivity contribution >= 4 is 0 Å². The fourth-order valence-corrected chi connectivity index (χ4v) is 2.44. The maximum absolute atomic E-state index is 6.04. The van der Waals surface area contributed by atoms with Crippen molar-refractivity contribution in [2.75, 3.05) is 6.61 Å². The molecule has 1 aliphatic heterocycles. The Morgan fingerprint density at radius 3 is 2.26 bits per heavy atom. The van der Waals surface area contributed by atoms with Gasteiger partial charge in [-0.15, -0.1) is 0 Å². The summed E-state index contributed by atoms with van der Waals surface area (Å²) in [5.41, 5.74) is 2.44. The van der Waals surface area contributed by atoms with Crippen LogP contribution in [0.4, 0.5) is 0 Å². The van der Waals surface area contributed by atoms with E-state index >= 15 is 0 Å². The van der Waals surface area contributed by atoms with Crippen LogP contribution in [0.15, 0.2) is 60.7 Å². The summed E-state index contributed by atoms with van der Waals surface area (Å²) in [6.45, 7) is 2.78. The van der Waals surface area contributed by atoms with Gasteiger partial charge in [0.05, 0.1) is 6.61 Å². The molecule has 0 aliphatic carbocycles. The van der Waals surface area contributed by atoms with Gasteiger partial charge < -0.3 is 9.47 Å². The minimum Gasteiger partial charge on any atom is -0.349 e. The molecule has 2 aromatic rings. The van der Waals surface area contributed by atoms with Gasteiger partial charge in [0.15, 0.2) is 6.29 Å². The summed E-state index contributed by atoms with van der Waals surface area (Å²) in [6, 6.07) is 20.6. The molecule has 0 spiro atoms. The van der Waals surface area contributed by atoms with E-state index in [0.29, 0.717) is 6.61 Å². The first kappa shape index (κ1) is 12.4. The van der Waals surface area contributed by atoms with Gasteiger partial charge in [0.25, 0.3) is 0 Å². The molecule has 2 nitrogen and oxygen atoms in total. The second kappa shape index (κ2) is 5.55. The lowest BCUT2D eigenvalue weighted by molar-refractivity contribution is -0.0723. The number of rotatable bonds is 3. The topological polar surface area (TPSA) is 18.5 Å². The summed E-state index contributed by atoms with van der Waals surface area (Å²) in [6.07, 6.45) is -0.107. The van der Waals surface area contributed by atoms with Crippen LogP contribution < -0.4 is 0 Å². The van der Waals surface area contributed by atoms with Gasteiger partial charge in [-0.25, -0.2) is 0 Å². The number of ether oxygens (including phenoxy) is 2. The summed E-state index contributed by atoms with van der Waals surface area (Å²) < 4.78 is 11.9. The van der Waals surface area contributed by atoms with Crippen LogP contribution >= 0.6 is 0 Å². The smallest absolute Gasteiger partial charge is 0.165 e. The normalized spacial score (nSPS) is 24.3. The van der Waals surface area contributed by atoms with Crippen LogP contribution in [0.25, 0.3) is 0 Å². The fourth-order valence-electron chi connectivity index (χ4n) is 2.44. The maximum Gasteiger partial charge on any atom is 0.165 e. The molecular formula is C17H18O2. The Morgan fingerprint density at radius 1 is 0.947 bits per heavy atom. The third kappa shape index (κ3) is 2.70. The molecule has 3 rings (SSSR count). The number of hydrogen-bond donors (Lipinski definition) is 0. The zero-order valence-electron chi connectivity index (χ0n) is 11.0. The molecule has 19 heavy (non-hydrogen) atoms. The molecule has 3 atom stereocenters. The summed E-state index contributed by atoms with van der Waals surface area (Å²) in [7, 11) is 0. The molecule has 0 unspecified atom stereocenters. The highest BCUT2D eigenvalue weighted by Gasteiger charge is 2.31. The molecule has 98 valence electrons. The van der Waals surface area contributed by atoms with Crippen molar-refractivity contribution < 1.29 is 9.47 Å². The molecule has 0 aromatic heterocycles. The van der Waals surface area contributed by atoms with E-state index in [1.165, 1.54) is 11.1 Å². The highest BCUT2D eigenvalue weighted by molar-refractivity contribution is 5.21. The number of hydrogen-bond acceptors (Lipinski definition) is 2. The van der Waals surface area contributed by atoms with Gasteiger partial charge in [0, 0.05) is 5.92 Å². The van der Waals surface area contributed by atoms with Gasteiger partial charge in [-0.3, -0.25) is 0 Å². The molecule has 1 heterocycles. The first-order valence-corrected chi connectivity index (χ1v) is 6.71. The lowest BCUT2D eigenvalue weighted by Crippen LogP contribution is -2.17. The van der Waals surface area contributed by atoms with E-state index < -0.39 is 0 Å². The molecule has 0 amide bonds. The zero-order valence-corrected chi connectivity index (χ0v) is 11.0. The van der Waals surface area contributed by atoms with E-state index in [2.05, 4.69) is 43.3 Å². The maximum atomic E-state index is 6.04. The number of benzene rings is 2. The van der Waals surface area contributed by atoms with E-state index in [-0.39, 0.29) is 18.3 Å². The third-order valence-electron chi connectivity index (χ3n) is 3.62. The van der Waals surface area contributed by atoms with E-state index in [1.807, 2.05) is 24.3 Å². The van der Waals surface area contributed by atoms with Crippen molar-refractivity contribution in [2.24, 2.45) is 0 Å². The van der Waals surface area contributed by atoms with Crippen molar-refractivity contribution in [1.82, 2.24) is 0 Å². The van der Waals surface area contributed by atoms with Crippen molar-refractivity contribution in [3.8, 4) is 0 Å². The predicted octanol–water partition coefficient (Wildman–Crippen LogP) is 3.90. The SMILES string of the molecule is C[C@H](c1ccccc1)[C@H]1OC[C@H](c2ccccc2)O1. The van der Waals surface area contributed by atoms with Crippen LogP contribution in [0.2, 0.25) is 0 Å². The molecule has 1 fully saturated rings. The molecule has 0 N–H and O–H groups in total. The van der Waals surface area contributed by atoms with Gasteiger partial charge in [-0.1, -0.05) is 67.6 Å². The zero-order chi connectivity index (χ0) is 13.1. The van der Waals surface area contributed by atoms with Crippen molar-refractivity contribution in [2.45, 2.75) is 25.2 Å². The highest BCUT2D eigenvalue weighted by atomic mass is 16.7. The van der Waals surface area contributed by atoms with Crippen LogP contribution in [0.5, 0.6) is 0 Å². The standard InChI is InChI=1S/C17H18O2/c1-13(14-8-4-2-5-9-14)17-18-12-16(19-17)15-10-6-3-7-11-15/h2-11,13,16-17H,12H2,1H3/t13-,16-,17+/m1/s1. The molecule has 0 radical (unpaired) electrons. The van der Waals surface area contributed by atoms with Gasteiger partial charge in [0.2, 0.25) is 0 Å². The first-order chi connectivity index (χ1) is 9.34. The summed E-state index contributed by atoms with van der Waals surface area (Å²) in [4.78, 5) is 0. The average Bonchev–Trinajstić information content (AvgIpc) is 2.98. The monoisotopic (exact) mass is 254 g/mol. The van der Waals surface area contributed by atoms with Crippen LogP contribution in [-0.2, 0) is 9.47 Å². The average molecular weight is 254 g/mol. The van der Waals surface area contributed by atoms with E-state index in [1.54, 1.807) is 0 Å². The second-order valence-electron chi connectivity index (χ2n) is 4.94. The Bertz CT molecular complexity index is 509. The Hall–Kier alpha value is -1.64. The lowest BCUT2D eigenvalue weighted by atomic mass is 10.0. The third-order valence-corrected chi connectivity index (χ3v) is 3.62. The minimum absolute atomic E-state index is 0.0531. The highest BCUT2D eigenvalue weighted by Crippen LogP contribution is 2.33. The molecule has 2 aromatic carbocycles. The lowest BCUT2D eigenvalue weighted by Gasteiger charge is -2.19. The van der Waals surface area contributed by atoms with Gasteiger partial charge in [-0.05, 0) is 11.1 Å². The second-order valence-corrected chi connectivity index (χ2v) is 4.94.